The molecule has 21 aromatic rings. The van der Waals surface area contributed by atoms with E-state index >= 15 is 0 Å². The minimum atomic E-state index is -0.0825. The number of rotatable bonds is 12. The summed E-state index contributed by atoms with van der Waals surface area (Å²) in [6.07, 6.45) is 0. The van der Waals surface area contributed by atoms with Gasteiger partial charge in [-0.25, -0.2) is 0 Å². The van der Waals surface area contributed by atoms with Crippen molar-refractivity contribution in [2.45, 2.75) is 0 Å². The zero-order valence-corrected chi connectivity index (χ0v) is 73.4. The second kappa shape index (κ2) is 34.2. The molecule has 0 unspecified atom stereocenters. The van der Waals surface area contributed by atoms with Crippen LogP contribution >= 0.6 is 0 Å². The molecule has 6 heterocycles. The molecule has 0 amide bonds. The fourth-order valence-electron chi connectivity index (χ4n) is 20.7. The van der Waals surface area contributed by atoms with Crippen molar-refractivity contribution in [1.82, 2.24) is 0 Å². The molecule has 0 atom stereocenters. The highest BCUT2D eigenvalue weighted by molar-refractivity contribution is 7.00. The van der Waals surface area contributed by atoms with Crippen molar-refractivity contribution in [2.75, 3.05) is 0 Å². The minimum Gasteiger partial charge on any atom is -0.458 e. The Morgan fingerprint density at radius 3 is 0.585 bits per heavy atom. The summed E-state index contributed by atoms with van der Waals surface area (Å²) in [6.45, 7) is -0.217. The number of hydrogen-bond donors (Lipinski definition) is 0. The average Bonchev–Trinajstić information content (AvgIpc) is 0.711. The molecule has 0 bridgehead atoms. The van der Waals surface area contributed by atoms with E-state index in [1.807, 2.05) is 0 Å². The van der Waals surface area contributed by atoms with E-state index in [9.17, 15) is 0 Å². The molecule has 0 fully saturated rings. The predicted octanol–water partition coefficient (Wildman–Crippen LogP) is 27.2. The molecule has 21 aromatic carbocycles. The lowest BCUT2D eigenvalue weighted by molar-refractivity contribution is 0.466. The van der Waals surface area contributed by atoms with E-state index < -0.39 is 0 Å². The number of benzene rings is 21. The van der Waals surface area contributed by atoms with Gasteiger partial charge in [0.1, 0.15) is 69.0 Å². The summed E-state index contributed by atoms with van der Waals surface area (Å²) in [5.74, 6) is 10.4. The smallest absolute Gasteiger partial charge is 0.260 e. The van der Waals surface area contributed by atoms with Gasteiger partial charge in [0.2, 0.25) is 0 Å². The van der Waals surface area contributed by atoms with Crippen molar-refractivity contribution in [3.63, 3.8) is 0 Å². The van der Waals surface area contributed by atoms with Crippen molar-refractivity contribution in [1.29, 1.82) is 0 Å². The van der Waals surface area contributed by atoms with Gasteiger partial charge in [0.25, 0.3) is 20.1 Å². The Hall–Kier alpha value is -17.4. The highest BCUT2D eigenvalue weighted by Crippen LogP contribution is 2.53. The fraction of sp³-hybridized carbons (Fsp3) is 0. The quantitative estimate of drug-likeness (QED) is 0.114. The zero-order valence-electron chi connectivity index (χ0n) is 73.4. The molecule has 6 aliphatic rings. The number of ether oxygens (including phenoxy) is 6. The molecule has 0 spiro atoms. The lowest BCUT2D eigenvalue weighted by Gasteiger charge is -2.36. The molecule has 6 aliphatic heterocycles. The maximum absolute atomic E-state index is 7.14. The third-order valence-electron chi connectivity index (χ3n) is 27.0. The summed E-state index contributed by atoms with van der Waals surface area (Å²) in [4.78, 5) is 0. The molecule has 6 nitrogen and oxygen atoms in total. The maximum atomic E-state index is 7.14. The van der Waals surface area contributed by atoms with Crippen molar-refractivity contribution in [3.05, 3.63) is 491 Å². The van der Waals surface area contributed by atoms with Crippen LogP contribution in [0.2, 0.25) is 0 Å². The molecular weight excluding hydrogens is 1640 g/mol. The van der Waals surface area contributed by atoms with Crippen LogP contribution in [0.5, 0.6) is 69.0 Å². The molecule has 0 radical (unpaired) electrons. The SMILES string of the molecule is c1ccc(-c2ccc3c(c2)B2c4cccc(-c5ccccc5)c4Oc4c(-c5ccccc5)cc(-c5ccccc5)c(c42)O3)cc1.c1ccc(-c2ccc3c(c2)Oc2c(-c4ccccc4)cc(-c4ccccc4)c4c2B3c2cc(-c3ccccc3)ccc2O4)cc1.c1ccc(-c2ccc3c(c2)Oc2c(-c4ccccc4)cc(-c4ccccc4)c4c2B3c2cccc(-c3ccccc3)c2O4)cc1. The molecular formula is C126H81B3O6. The van der Waals surface area contributed by atoms with E-state index in [1.54, 1.807) is 0 Å². The minimum absolute atomic E-state index is 0.0675. The summed E-state index contributed by atoms with van der Waals surface area (Å²) in [6, 6.07) is 173. The summed E-state index contributed by atoms with van der Waals surface area (Å²) < 4.78 is 42.1. The van der Waals surface area contributed by atoms with E-state index in [4.69, 9.17) is 28.4 Å². The first kappa shape index (κ1) is 79.8. The van der Waals surface area contributed by atoms with Gasteiger partial charge in [0, 0.05) is 60.9 Å². The zero-order chi connectivity index (χ0) is 89.2. The number of fused-ring (bicyclic) bond motifs is 12. The molecule has 0 aromatic heterocycles. The maximum Gasteiger partial charge on any atom is 0.260 e. The van der Waals surface area contributed by atoms with Gasteiger partial charge in [-0.3, -0.25) is 0 Å². The van der Waals surface area contributed by atoms with Crippen LogP contribution in [0.25, 0.3) is 134 Å². The van der Waals surface area contributed by atoms with Crippen LogP contribution in [-0.2, 0) is 0 Å². The van der Waals surface area contributed by atoms with Gasteiger partial charge < -0.3 is 28.4 Å². The van der Waals surface area contributed by atoms with Crippen molar-refractivity contribution in [3.8, 4) is 203 Å². The van der Waals surface area contributed by atoms with Crippen LogP contribution in [0.3, 0.4) is 0 Å². The molecule has 630 valence electrons. The normalized spacial score (nSPS) is 12.3. The Balaban J connectivity index is 0.000000108. The van der Waals surface area contributed by atoms with Crippen LogP contribution < -0.4 is 77.6 Å². The molecule has 135 heavy (non-hydrogen) atoms. The summed E-state index contributed by atoms with van der Waals surface area (Å²) in [5, 5.41) is 0. The van der Waals surface area contributed by atoms with Crippen molar-refractivity contribution >= 4 is 69.3 Å². The molecule has 0 saturated carbocycles. The fourth-order valence-corrected chi connectivity index (χ4v) is 20.7. The Kier molecular flexibility index (Phi) is 20.2. The van der Waals surface area contributed by atoms with Gasteiger partial charge in [-0.1, -0.05) is 449 Å². The van der Waals surface area contributed by atoms with Gasteiger partial charge in [0.05, 0.1) is 0 Å². The first-order chi connectivity index (χ1) is 67.0. The van der Waals surface area contributed by atoms with Crippen LogP contribution in [-0.4, -0.2) is 20.1 Å². The summed E-state index contributed by atoms with van der Waals surface area (Å²) in [5.41, 5.74) is 36.8. The lowest BCUT2D eigenvalue weighted by atomic mass is 9.34. The van der Waals surface area contributed by atoms with Gasteiger partial charge in [0.15, 0.2) is 0 Å². The van der Waals surface area contributed by atoms with E-state index in [0.29, 0.717) is 0 Å². The third-order valence-corrected chi connectivity index (χ3v) is 27.0. The van der Waals surface area contributed by atoms with Gasteiger partial charge in [-0.05, 0) is 164 Å². The topological polar surface area (TPSA) is 55.4 Å². The molecule has 0 aliphatic carbocycles. The van der Waals surface area contributed by atoms with Crippen molar-refractivity contribution < 1.29 is 28.4 Å². The van der Waals surface area contributed by atoms with Crippen LogP contribution in [0.1, 0.15) is 0 Å². The van der Waals surface area contributed by atoms with Gasteiger partial charge in [-0.2, -0.15) is 0 Å². The Labute approximate surface area is 786 Å². The highest BCUT2D eigenvalue weighted by atomic mass is 16.5. The largest absolute Gasteiger partial charge is 0.458 e. The summed E-state index contributed by atoms with van der Waals surface area (Å²) in [7, 11) is 0. The van der Waals surface area contributed by atoms with Gasteiger partial charge >= 0.3 is 0 Å². The first-order valence-electron chi connectivity index (χ1n) is 46.1. The van der Waals surface area contributed by atoms with Crippen LogP contribution in [0, 0.1) is 0 Å². The average molecular weight is 1720 g/mol. The Morgan fingerprint density at radius 1 is 0.111 bits per heavy atom. The monoisotopic (exact) mass is 1720 g/mol. The Bertz CT molecular complexity index is 7950. The van der Waals surface area contributed by atoms with Gasteiger partial charge in [-0.15, -0.1) is 0 Å². The third kappa shape index (κ3) is 14.4. The lowest BCUT2D eigenvalue weighted by Crippen LogP contribution is -2.57. The molecule has 9 heteroatoms. The van der Waals surface area contributed by atoms with E-state index in [1.165, 1.54) is 16.7 Å². The molecule has 0 saturated heterocycles. The number of para-hydroxylation sites is 2. The molecule has 27 rings (SSSR count). The van der Waals surface area contributed by atoms with Crippen molar-refractivity contribution in [2.24, 2.45) is 0 Å². The van der Waals surface area contributed by atoms with Crippen LogP contribution in [0.15, 0.2) is 491 Å². The van der Waals surface area contributed by atoms with Crippen LogP contribution in [0.4, 0.5) is 0 Å². The van der Waals surface area contributed by atoms with E-state index in [0.717, 1.165) is 235 Å². The second-order valence-corrected chi connectivity index (χ2v) is 34.9. The standard InChI is InChI=1S/3C42H27BO2/c1-5-14-28(15-6-1)32-24-25-36-38(26-32)44-41-34(30-18-9-3-10-19-30)27-35(31-20-11-4-12-21-31)42-39(41)43(36)37-23-13-22-33(40(37)45-42)29-16-7-2-8-17-29;1-5-14-28(15-6-1)32-24-25-38-37(26-32)43-36-23-13-22-33(29-16-7-2-8-17-29)40(36)45-42-35(31-20-11-4-12-21-31)27-34(41(44-38)39(42)43)30-18-9-3-10-19-30;1-5-13-28(14-6-1)32-22-24-38-37(25-32)43-36-23-21-33(29-15-7-2-8-16-29)26-39(36)45-42-35(31-19-11-4-12-20-31)27-34(41(44-38)40(42)43)30-17-9-3-10-18-30/h3*1-27H. The number of hydrogen-bond acceptors (Lipinski definition) is 6. The van der Waals surface area contributed by atoms with E-state index in [2.05, 4.69) is 491 Å². The Morgan fingerprint density at radius 2 is 0.319 bits per heavy atom. The summed E-state index contributed by atoms with van der Waals surface area (Å²) >= 11 is 0. The predicted molar refractivity (Wildman–Crippen MR) is 558 cm³/mol. The second-order valence-electron chi connectivity index (χ2n) is 34.9. The first-order valence-corrected chi connectivity index (χ1v) is 46.1. The van der Waals surface area contributed by atoms with E-state index in [-0.39, 0.29) is 20.1 Å². The highest BCUT2D eigenvalue weighted by Gasteiger charge is 2.48. The molecule has 0 N–H and O–H groups in total.